The van der Waals surface area contributed by atoms with Crippen molar-refractivity contribution >= 4 is 5.97 Å². The molecular formula is C12H25NO2. The predicted molar refractivity (Wildman–Crippen MR) is 62.5 cm³/mol. The third-order valence-electron chi connectivity index (χ3n) is 2.75. The molecule has 15 heavy (non-hydrogen) atoms. The zero-order chi connectivity index (χ0) is 12.1. The molecule has 0 rings (SSSR count). The van der Waals surface area contributed by atoms with Gasteiger partial charge in [0.25, 0.3) is 0 Å². The van der Waals surface area contributed by atoms with Crippen molar-refractivity contribution in [3.8, 4) is 0 Å². The molecule has 0 aromatic carbocycles. The molecule has 2 N–H and O–H groups in total. The van der Waals surface area contributed by atoms with Crippen LogP contribution in [0, 0.1) is 5.41 Å². The highest BCUT2D eigenvalue weighted by Crippen LogP contribution is 2.19. The van der Waals surface area contributed by atoms with Gasteiger partial charge in [-0.25, -0.2) is 0 Å². The Morgan fingerprint density at radius 2 is 1.67 bits per heavy atom. The molecule has 0 bridgehead atoms. The third-order valence-corrected chi connectivity index (χ3v) is 2.75. The zero-order valence-electron chi connectivity index (χ0n) is 10.7. The highest BCUT2D eigenvalue weighted by molar-refractivity contribution is 5.80. The van der Waals surface area contributed by atoms with Crippen molar-refractivity contribution in [1.82, 2.24) is 0 Å². The lowest BCUT2D eigenvalue weighted by Crippen LogP contribution is -2.48. The fraction of sp³-hybridized carbons (Fsp3) is 0.917. The molecule has 0 unspecified atom stereocenters. The van der Waals surface area contributed by atoms with Crippen LogP contribution >= 0.6 is 0 Å². The first-order valence-corrected chi connectivity index (χ1v) is 5.71. The fourth-order valence-electron chi connectivity index (χ4n) is 1.13. The van der Waals surface area contributed by atoms with Crippen LogP contribution in [0.25, 0.3) is 0 Å². The summed E-state index contributed by atoms with van der Waals surface area (Å²) in [5, 5.41) is 0. The molecular weight excluding hydrogens is 190 g/mol. The van der Waals surface area contributed by atoms with Crippen LogP contribution in [0.15, 0.2) is 0 Å². The molecule has 90 valence electrons. The lowest BCUT2D eigenvalue weighted by Gasteiger charge is -2.25. The van der Waals surface area contributed by atoms with Gasteiger partial charge in [0, 0.05) is 0 Å². The zero-order valence-corrected chi connectivity index (χ0v) is 10.7. The molecule has 0 saturated carbocycles. The summed E-state index contributed by atoms with van der Waals surface area (Å²) in [6.07, 6.45) is 2.11. The minimum Gasteiger partial charge on any atom is -0.464 e. The van der Waals surface area contributed by atoms with Crippen molar-refractivity contribution < 1.29 is 9.53 Å². The second kappa shape index (κ2) is 5.50. The first kappa shape index (κ1) is 14.4. The second-order valence-electron chi connectivity index (χ2n) is 5.31. The summed E-state index contributed by atoms with van der Waals surface area (Å²) >= 11 is 0. The Labute approximate surface area is 93.4 Å². The van der Waals surface area contributed by atoms with E-state index in [-0.39, 0.29) is 11.4 Å². The Bertz CT molecular complexity index is 202. The summed E-state index contributed by atoms with van der Waals surface area (Å²) in [4.78, 5) is 11.7. The van der Waals surface area contributed by atoms with Gasteiger partial charge in [-0.3, -0.25) is 4.79 Å². The minimum absolute atomic E-state index is 0.190. The lowest BCUT2D eigenvalue weighted by atomic mass is 9.92. The highest BCUT2D eigenvalue weighted by atomic mass is 16.5. The van der Waals surface area contributed by atoms with Crippen molar-refractivity contribution in [1.29, 1.82) is 0 Å². The van der Waals surface area contributed by atoms with E-state index in [4.69, 9.17) is 10.5 Å². The Morgan fingerprint density at radius 1 is 1.20 bits per heavy atom. The normalized spacial score (nSPS) is 12.7. The maximum absolute atomic E-state index is 11.7. The summed E-state index contributed by atoms with van der Waals surface area (Å²) in [5.74, 6) is -0.267. The molecule has 0 aromatic rings. The second-order valence-corrected chi connectivity index (χ2v) is 5.31. The highest BCUT2D eigenvalue weighted by Gasteiger charge is 2.31. The molecule has 0 radical (unpaired) electrons. The summed E-state index contributed by atoms with van der Waals surface area (Å²) < 4.78 is 5.20. The fourth-order valence-corrected chi connectivity index (χ4v) is 1.13. The number of hydrogen-bond donors (Lipinski definition) is 1. The Morgan fingerprint density at radius 3 is 2.00 bits per heavy atom. The number of ether oxygens (including phenoxy) is 1. The summed E-state index contributed by atoms with van der Waals surface area (Å²) in [7, 11) is 0. The van der Waals surface area contributed by atoms with Crippen LogP contribution in [0.3, 0.4) is 0 Å². The van der Waals surface area contributed by atoms with Gasteiger partial charge in [-0.1, -0.05) is 34.6 Å². The average molecular weight is 215 g/mol. The van der Waals surface area contributed by atoms with E-state index < -0.39 is 5.54 Å². The standard InChI is InChI=1S/C12H25NO2/c1-6-12(13,7-2)10(14)15-9-8-11(3,4)5/h6-9,13H2,1-5H3. The van der Waals surface area contributed by atoms with Crippen LogP contribution in [-0.2, 0) is 9.53 Å². The first-order chi connectivity index (χ1) is 6.75. The van der Waals surface area contributed by atoms with Crippen LogP contribution in [-0.4, -0.2) is 18.1 Å². The number of hydrogen-bond acceptors (Lipinski definition) is 3. The molecule has 0 aliphatic rings. The molecule has 0 aliphatic heterocycles. The van der Waals surface area contributed by atoms with E-state index in [9.17, 15) is 4.79 Å². The van der Waals surface area contributed by atoms with Crippen molar-refractivity contribution in [2.75, 3.05) is 6.61 Å². The van der Waals surface area contributed by atoms with E-state index in [0.29, 0.717) is 19.4 Å². The van der Waals surface area contributed by atoms with Gasteiger partial charge in [-0.2, -0.15) is 0 Å². The van der Waals surface area contributed by atoms with Crippen LogP contribution < -0.4 is 5.73 Å². The number of carbonyl (C=O) groups excluding carboxylic acids is 1. The molecule has 0 aromatic heterocycles. The van der Waals surface area contributed by atoms with Crippen LogP contribution in [0.5, 0.6) is 0 Å². The SMILES string of the molecule is CCC(N)(CC)C(=O)OCCC(C)(C)C. The molecule has 3 heteroatoms. The van der Waals surface area contributed by atoms with Crippen LogP contribution in [0.4, 0.5) is 0 Å². The topological polar surface area (TPSA) is 52.3 Å². The van der Waals surface area contributed by atoms with E-state index in [0.717, 1.165) is 6.42 Å². The van der Waals surface area contributed by atoms with Crippen molar-refractivity contribution in [3.05, 3.63) is 0 Å². The quantitative estimate of drug-likeness (QED) is 0.717. The molecule has 3 nitrogen and oxygen atoms in total. The monoisotopic (exact) mass is 215 g/mol. The summed E-state index contributed by atoms with van der Waals surface area (Å²) in [6, 6.07) is 0. The molecule has 0 saturated heterocycles. The lowest BCUT2D eigenvalue weighted by molar-refractivity contribution is -0.151. The molecule has 0 heterocycles. The minimum atomic E-state index is -0.794. The van der Waals surface area contributed by atoms with Gasteiger partial charge in [0.05, 0.1) is 6.61 Å². The largest absolute Gasteiger partial charge is 0.464 e. The van der Waals surface area contributed by atoms with Crippen molar-refractivity contribution in [3.63, 3.8) is 0 Å². The maximum Gasteiger partial charge on any atom is 0.326 e. The van der Waals surface area contributed by atoms with Gasteiger partial charge in [0.1, 0.15) is 5.54 Å². The van der Waals surface area contributed by atoms with Gasteiger partial charge in [-0.15, -0.1) is 0 Å². The van der Waals surface area contributed by atoms with Gasteiger partial charge in [-0.05, 0) is 24.7 Å². The maximum atomic E-state index is 11.7. The molecule has 0 atom stereocenters. The Hall–Kier alpha value is -0.570. The number of nitrogens with two attached hydrogens (primary N) is 1. The number of carbonyl (C=O) groups is 1. The van der Waals surface area contributed by atoms with Gasteiger partial charge in [0.15, 0.2) is 0 Å². The Balaban J connectivity index is 4.04. The molecule has 0 fully saturated rings. The van der Waals surface area contributed by atoms with Crippen LogP contribution in [0.2, 0.25) is 0 Å². The molecule has 0 aliphatic carbocycles. The predicted octanol–water partition coefficient (Wildman–Crippen LogP) is 2.48. The van der Waals surface area contributed by atoms with E-state index >= 15 is 0 Å². The third kappa shape index (κ3) is 5.17. The smallest absolute Gasteiger partial charge is 0.326 e. The van der Waals surface area contributed by atoms with Crippen molar-refractivity contribution in [2.24, 2.45) is 11.1 Å². The number of rotatable bonds is 5. The first-order valence-electron chi connectivity index (χ1n) is 5.71. The summed E-state index contributed by atoms with van der Waals surface area (Å²) in [6.45, 7) is 10.6. The average Bonchev–Trinajstić information content (AvgIpc) is 2.14. The van der Waals surface area contributed by atoms with Crippen molar-refractivity contribution in [2.45, 2.75) is 59.4 Å². The molecule has 0 spiro atoms. The van der Waals surface area contributed by atoms with Crippen LogP contribution in [0.1, 0.15) is 53.9 Å². The summed E-state index contributed by atoms with van der Waals surface area (Å²) in [5.41, 5.74) is 5.31. The van der Waals surface area contributed by atoms with E-state index in [1.807, 2.05) is 13.8 Å². The van der Waals surface area contributed by atoms with E-state index in [1.165, 1.54) is 0 Å². The van der Waals surface area contributed by atoms with Gasteiger partial charge < -0.3 is 10.5 Å². The number of esters is 1. The van der Waals surface area contributed by atoms with Gasteiger partial charge >= 0.3 is 5.97 Å². The van der Waals surface area contributed by atoms with E-state index in [1.54, 1.807) is 0 Å². The van der Waals surface area contributed by atoms with E-state index in [2.05, 4.69) is 20.8 Å². The molecule has 0 amide bonds. The Kier molecular flexibility index (Phi) is 5.29. The van der Waals surface area contributed by atoms with Gasteiger partial charge in [0.2, 0.25) is 0 Å².